The first kappa shape index (κ1) is 13.0. The number of aliphatic hydroxyl groups excluding tert-OH is 2. The molecule has 2 saturated heterocycles. The summed E-state index contributed by atoms with van der Waals surface area (Å²) in [5.74, 6) is 0. The highest BCUT2D eigenvalue weighted by atomic mass is 16.7. The number of ether oxygens (including phenoxy) is 3. The van der Waals surface area contributed by atoms with E-state index in [1.54, 1.807) is 0 Å². The van der Waals surface area contributed by atoms with Crippen molar-refractivity contribution in [1.82, 2.24) is 0 Å². The van der Waals surface area contributed by atoms with Gasteiger partial charge in [-0.2, -0.15) is 0 Å². The predicted octanol–water partition coefficient (Wildman–Crippen LogP) is -0.494. The number of fused-ring (bicyclic) bond motifs is 1. The van der Waals surface area contributed by atoms with Crippen molar-refractivity contribution in [1.29, 1.82) is 0 Å². The molecule has 1 aromatic carbocycles. The molecule has 2 fully saturated rings. The van der Waals surface area contributed by atoms with Crippen LogP contribution in [0.5, 0.6) is 0 Å². The zero-order valence-corrected chi connectivity index (χ0v) is 10.3. The van der Waals surface area contributed by atoms with Crippen LogP contribution in [0.3, 0.4) is 0 Å². The summed E-state index contributed by atoms with van der Waals surface area (Å²) in [6.07, 6.45) is -3.84. The van der Waals surface area contributed by atoms with E-state index in [0.29, 0.717) is 0 Å². The molecule has 0 radical (unpaired) electrons. The van der Waals surface area contributed by atoms with Gasteiger partial charge in [-0.05, 0) is 0 Å². The first-order valence-corrected chi connectivity index (χ1v) is 6.26. The molecular formula is C13H17NO5. The maximum absolute atomic E-state index is 10.1. The molecule has 0 bridgehead atoms. The van der Waals surface area contributed by atoms with E-state index in [1.165, 1.54) is 0 Å². The van der Waals surface area contributed by atoms with Gasteiger partial charge in [0.05, 0.1) is 12.6 Å². The second-order valence-corrected chi connectivity index (χ2v) is 4.81. The molecule has 19 heavy (non-hydrogen) atoms. The molecule has 0 aromatic heterocycles. The zero-order chi connectivity index (χ0) is 13.4. The average Bonchev–Trinajstić information content (AvgIpc) is 2.46. The summed E-state index contributed by atoms with van der Waals surface area (Å²) < 4.78 is 16.6. The van der Waals surface area contributed by atoms with Gasteiger partial charge >= 0.3 is 0 Å². The Kier molecular flexibility index (Phi) is 3.53. The standard InChI is InChI=1S/C13H17NO5/c14-9-10(15)11-8(18-12(9)16)6-17-13(19-11)7-4-2-1-3-5-7/h1-5,8-13,15-16H,6,14H2. The van der Waals surface area contributed by atoms with Gasteiger partial charge in [0.2, 0.25) is 0 Å². The number of rotatable bonds is 1. The van der Waals surface area contributed by atoms with Crippen molar-refractivity contribution in [3.63, 3.8) is 0 Å². The smallest absolute Gasteiger partial charge is 0.184 e. The molecule has 6 nitrogen and oxygen atoms in total. The Morgan fingerprint density at radius 2 is 1.84 bits per heavy atom. The lowest BCUT2D eigenvalue weighted by molar-refractivity contribution is -0.335. The molecule has 0 spiro atoms. The van der Waals surface area contributed by atoms with E-state index in [4.69, 9.17) is 19.9 Å². The van der Waals surface area contributed by atoms with Crippen molar-refractivity contribution in [2.24, 2.45) is 5.73 Å². The van der Waals surface area contributed by atoms with Crippen molar-refractivity contribution in [3.05, 3.63) is 35.9 Å². The summed E-state index contributed by atoms with van der Waals surface area (Å²) in [4.78, 5) is 0. The fourth-order valence-corrected chi connectivity index (χ4v) is 2.41. The van der Waals surface area contributed by atoms with Gasteiger partial charge in [0, 0.05) is 5.56 Å². The van der Waals surface area contributed by atoms with Crippen LogP contribution in [0.4, 0.5) is 0 Å². The van der Waals surface area contributed by atoms with Crippen molar-refractivity contribution < 1.29 is 24.4 Å². The summed E-state index contributed by atoms with van der Waals surface area (Å²) in [7, 11) is 0. The number of hydrogen-bond acceptors (Lipinski definition) is 6. The van der Waals surface area contributed by atoms with Crippen LogP contribution in [0.1, 0.15) is 11.9 Å². The van der Waals surface area contributed by atoms with Gasteiger partial charge in [-0.25, -0.2) is 0 Å². The molecular weight excluding hydrogens is 250 g/mol. The van der Waals surface area contributed by atoms with Crippen molar-refractivity contribution in [2.75, 3.05) is 6.61 Å². The minimum Gasteiger partial charge on any atom is -0.388 e. The zero-order valence-electron chi connectivity index (χ0n) is 10.3. The normalized spacial score (nSPS) is 42.7. The summed E-state index contributed by atoms with van der Waals surface area (Å²) >= 11 is 0. The molecule has 2 aliphatic heterocycles. The van der Waals surface area contributed by atoms with Crippen LogP contribution in [0.2, 0.25) is 0 Å². The van der Waals surface area contributed by atoms with Crippen LogP contribution in [0.25, 0.3) is 0 Å². The minimum atomic E-state index is -1.20. The lowest BCUT2D eigenvalue weighted by Gasteiger charge is -2.45. The van der Waals surface area contributed by atoms with Gasteiger partial charge in [-0.3, -0.25) is 0 Å². The molecule has 104 valence electrons. The van der Waals surface area contributed by atoms with Crippen molar-refractivity contribution in [2.45, 2.75) is 36.9 Å². The molecule has 6 heteroatoms. The van der Waals surface area contributed by atoms with Crippen LogP contribution in [0, 0.1) is 0 Å². The lowest BCUT2D eigenvalue weighted by Crippen LogP contribution is -2.64. The maximum atomic E-state index is 10.1. The van der Waals surface area contributed by atoms with Crippen LogP contribution in [0.15, 0.2) is 30.3 Å². The third kappa shape index (κ3) is 2.38. The minimum absolute atomic E-state index is 0.241. The van der Waals surface area contributed by atoms with Gasteiger partial charge in [-0.1, -0.05) is 30.3 Å². The summed E-state index contributed by atoms with van der Waals surface area (Å²) in [5.41, 5.74) is 6.54. The SMILES string of the molecule is NC1C(O)OC2COC(c3ccccc3)OC2C1O. The second-order valence-electron chi connectivity index (χ2n) is 4.81. The fraction of sp³-hybridized carbons (Fsp3) is 0.538. The van der Waals surface area contributed by atoms with Gasteiger partial charge in [0.25, 0.3) is 0 Å². The third-order valence-corrected chi connectivity index (χ3v) is 3.51. The molecule has 6 unspecified atom stereocenters. The highest BCUT2D eigenvalue weighted by molar-refractivity contribution is 5.16. The van der Waals surface area contributed by atoms with Crippen LogP contribution in [-0.4, -0.2) is 47.5 Å². The van der Waals surface area contributed by atoms with E-state index in [9.17, 15) is 10.2 Å². The van der Waals surface area contributed by atoms with Crippen LogP contribution >= 0.6 is 0 Å². The van der Waals surface area contributed by atoms with Gasteiger partial charge in [0.15, 0.2) is 12.6 Å². The first-order valence-electron chi connectivity index (χ1n) is 6.26. The molecule has 3 rings (SSSR count). The topological polar surface area (TPSA) is 94.2 Å². The highest BCUT2D eigenvalue weighted by Gasteiger charge is 2.47. The maximum Gasteiger partial charge on any atom is 0.184 e. The Balaban J connectivity index is 1.75. The predicted molar refractivity (Wildman–Crippen MR) is 64.9 cm³/mol. The Morgan fingerprint density at radius 1 is 1.11 bits per heavy atom. The number of benzene rings is 1. The molecule has 2 heterocycles. The fourth-order valence-electron chi connectivity index (χ4n) is 2.41. The second kappa shape index (κ2) is 5.16. The molecule has 0 saturated carbocycles. The third-order valence-electron chi connectivity index (χ3n) is 3.51. The Bertz CT molecular complexity index is 426. The number of aliphatic hydroxyl groups is 2. The van der Waals surface area contributed by atoms with E-state index in [0.717, 1.165) is 5.56 Å². The molecule has 0 amide bonds. The van der Waals surface area contributed by atoms with Crippen molar-refractivity contribution >= 4 is 0 Å². The summed E-state index contributed by atoms with van der Waals surface area (Å²) in [6, 6.07) is 8.57. The van der Waals surface area contributed by atoms with Crippen molar-refractivity contribution in [3.8, 4) is 0 Å². The molecule has 2 aliphatic rings. The summed E-state index contributed by atoms with van der Waals surface area (Å²) in [5, 5.41) is 19.6. The Labute approximate surface area is 110 Å². The molecule has 0 aliphatic carbocycles. The van der Waals surface area contributed by atoms with Gasteiger partial charge in [0.1, 0.15) is 18.3 Å². The highest BCUT2D eigenvalue weighted by Crippen LogP contribution is 2.32. The lowest BCUT2D eigenvalue weighted by atomic mass is 9.96. The molecule has 4 N–H and O–H groups in total. The van der Waals surface area contributed by atoms with E-state index < -0.39 is 36.9 Å². The van der Waals surface area contributed by atoms with E-state index >= 15 is 0 Å². The van der Waals surface area contributed by atoms with E-state index in [-0.39, 0.29) is 6.61 Å². The molecule has 6 atom stereocenters. The average molecular weight is 267 g/mol. The molecule has 1 aromatic rings. The quantitative estimate of drug-likeness (QED) is 0.635. The number of nitrogens with two attached hydrogens (primary N) is 1. The first-order chi connectivity index (χ1) is 9.16. The Morgan fingerprint density at radius 3 is 2.58 bits per heavy atom. The Hall–Kier alpha value is -1.02. The van der Waals surface area contributed by atoms with Gasteiger partial charge in [-0.15, -0.1) is 0 Å². The van der Waals surface area contributed by atoms with Crippen LogP contribution < -0.4 is 5.73 Å². The van der Waals surface area contributed by atoms with E-state index in [2.05, 4.69) is 0 Å². The largest absolute Gasteiger partial charge is 0.388 e. The van der Waals surface area contributed by atoms with E-state index in [1.807, 2.05) is 30.3 Å². The monoisotopic (exact) mass is 267 g/mol. The summed E-state index contributed by atoms with van der Waals surface area (Å²) in [6.45, 7) is 0.241. The van der Waals surface area contributed by atoms with Crippen LogP contribution in [-0.2, 0) is 14.2 Å². The van der Waals surface area contributed by atoms with Gasteiger partial charge < -0.3 is 30.2 Å². The number of hydrogen-bond donors (Lipinski definition) is 3.